The van der Waals surface area contributed by atoms with Crippen molar-refractivity contribution in [2.24, 2.45) is 0 Å². The monoisotopic (exact) mass is 267 g/mol. The Morgan fingerprint density at radius 2 is 2.17 bits per heavy atom. The quantitative estimate of drug-likeness (QED) is 0.894. The molecule has 0 aromatic heterocycles. The van der Waals surface area contributed by atoms with Crippen LogP contribution in [0.15, 0.2) is 12.1 Å². The van der Waals surface area contributed by atoms with Gasteiger partial charge in [-0.25, -0.2) is 0 Å². The summed E-state index contributed by atoms with van der Waals surface area (Å²) in [6, 6.07) is 4.69. The molecule has 1 saturated heterocycles. The fourth-order valence-electron chi connectivity index (χ4n) is 2.56. The van der Waals surface area contributed by atoms with E-state index in [0.717, 1.165) is 35.9 Å². The molecular formula is C15H22ClNO. The Hall–Kier alpha value is -0.730. The van der Waals surface area contributed by atoms with Crippen LogP contribution < -0.4 is 10.1 Å². The molecule has 1 aliphatic rings. The topological polar surface area (TPSA) is 21.3 Å². The molecule has 0 amide bonds. The standard InChI is InChI=1S/C15H22ClNO/c1-11-9-12(2)15(14(16)10-11)18-8-6-13-5-3-4-7-17-13/h9-10,13,17H,3-8H2,1-2H3/t13-/m1/s1. The lowest BCUT2D eigenvalue weighted by Crippen LogP contribution is -2.35. The molecule has 1 heterocycles. The smallest absolute Gasteiger partial charge is 0.140 e. The van der Waals surface area contributed by atoms with Crippen molar-refractivity contribution >= 4 is 11.6 Å². The van der Waals surface area contributed by atoms with E-state index in [1.54, 1.807) is 0 Å². The molecule has 0 saturated carbocycles. The van der Waals surface area contributed by atoms with Crippen LogP contribution >= 0.6 is 11.6 Å². The number of hydrogen-bond donors (Lipinski definition) is 1. The number of hydrogen-bond acceptors (Lipinski definition) is 2. The molecule has 100 valence electrons. The maximum Gasteiger partial charge on any atom is 0.140 e. The van der Waals surface area contributed by atoms with E-state index < -0.39 is 0 Å². The second-order valence-corrected chi connectivity index (χ2v) is 5.58. The summed E-state index contributed by atoms with van der Waals surface area (Å²) in [7, 11) is 0. The van der Waals surface area contributed by atoms with Gasteiger partial charge in [0.25, 0.3) is 0 Å². The van der Waals surface area contributed by atoms with Gasteiger partial charge in [-0.2, -0.15) is 0 Å². The van der Waals surface area contributed by atoms with Crippen LogP contribution in [-0.4, -0.2) is 19.2 Å². The van der Waals surface area contributed by atoms with Gasteiger partial charge in [0.05, 0.1) is 11.6 Å². The summed E-state index contributed by atoms with van der Waals surface area (Å²) in [5.74, 6) is 0.845. The zero-order chi connectivity index (χ0) is 13.0. The highest BCUT2D eigenvalue weighted by Gasteiger charge is 2.13. The third kappa shape index (κ3) is 3.63. The third-order valence-corrected chi connectivity index (χ3v) is 3.78. The molecule has 0 radical (unpaired) electrons. The number of ether oxygens (including phenoxy) is 1. The first-order valence-electron chi connectivity index (χ1n) is 6.80. The number of aryl methyl sites for hydroxylation is 2. The lowest BCUT2D eigenvalue weighted by molar-refractivity contribution is 0.267. The predicted octanol–water partition coefficient (Wildman–Crippen LogP) is 3.87. The fourth-order valence-corrected chi connectivity index (χ4v) is 2.93. The average Bonchev–Trinajstić information content (AvgIpc) is 2.34. The van der Waals surface area contributed by atoms with Gasteiger partial charge in [-0.3, -0.25) is 0 Å². The van der Waals surface area contributed by atoms with E-state index >= 15 is 0 Å². The molecule has 1 N–H and O–H groups in total. The summed E-state index contributed by atoms with van der Waals surface area (Å²) in [4.78, 5) is 0. The Labute approximate surface area is 115 Å². The summed E-state index contributed by atoms with van der Waals surface area (Å²) in [5, 5.41) is 4.26. The Kier molecular flexibility index (Phi) is 4.90. The van der Waals surface area contributed by atoms with Crippen LogP contribution in [0, 0.1) is 13.8 Å². The van der Waals surface area contributed by atoms with E-state index in [0.29, 0.717) is 6.04 Å². The number of benzene rings is 1. The van der Waals surface area contributed by atoms with E-state index in [4.69, 9.17) is 16.3 Å². The van der Waals surface area contributed by atoms with Crippen LogP contribution in [-0.2, 0) is 0 Å². The van der Waals surface area contributed by atoms with Crippen LogP contribution in [0.2, 0.25) is 5.02 Å². The van der Waals surface area contributed by atoms with Crippen molar-refractivity contribution in [3.63, 3.8) is 0 Å². The minimum absolute atomic E-state index is 0.614. The van der Waals surface area contributed by atoms with Crippen molar-refractivity contribution in [1.82, 2.24) is 5.32 Å². The highest BCUT2D eigenvalue weighted by atomic mass is 35.5. The molecule has 0 unspecified atom stereocenters. The van der Waals surface area contributed by atoms with Gasteiger partial charge in [0.1, 0.15) is 5.75 Å². The van der Waals surface area contributed by atoms with Crippen molar-refractivity contribution in [2.45, 2.75) is 45.6 Å². The second-order valence-electron chi connectivity index (χ2n) is 5.18. The summed E-state index contributed by atoms with van der Waals surface area (Å²) < 4.78 is 5.85. The molecule has 0 spiro atoms. The van der Waals surface area contributed by atoms with E-state index in [2.05, 4.69) is 18.3 Å². The van der Waals surface area contributed by atoms with Gasteiger partial charge >= 0.3 is 0 Å². The molecule has 1 aromatic rings. The van der Waals surface area contributed by atoms with Gasteiger partial charge in [0, 0.05) is 6.04 Å². The molecule has 0 aliphatic carbocycles. The van der Waals surface area contributed by atoms with E-state index in [-0.39, 0.29) is 0 Å². The largest absolute Gasteiger partial charge is 0.492 e. The van der Waals surface area contributed by atoms with Crippen molar-refractivity contribution in [2.75, 3.05) is 13.2 Å². The highest BCUT2D eigenvalue weighted by molar-refractivity contribution is 6.32. The van der Waals surface area contributed by atoms with Gasteiger partial charge in [0.15, 0.2) is 0 Å². The Bertz CT molecular complexity index is 376. The molecule has 1 atom stereocenters. The van der Waals surface area contributed by atoms with Gasteiger partial charge in [-0.1, -0.05) is 24.1 Å². The molecular weight excluding hydrogens is 246 g/mol. The van der Waals surface area contributed by atoms with Crippen molar-refractivity contribution in [3.8, 4) is 5.75 Å². The van der Waals surface area contributed by atoms with Crippen LogP contribution in [0.3, 0.4) is 0 Å². The number of piperidine rings is 1. The lowest BCUT2D eigenvalue weighted by atomic mass is 10.0. The molecule has 1 aliphatic heterocycles. The van der Waals surface area contributed by atoms with Gasteiger partial charge in [-0.15, -0.1) is 0 Å². The van der Waals surface area contributed by atoms with Gasteiger partial charge in [0.2, 0.25) is 0 Å². The zero-order valence-corrected chi connectivity index (χ0v) is 12.0. The normalized spacial score (nSPS) is 19.8. The lowest BCUT2D eigenvalue weighted by Gasteiger charge is -2.23. The average molecular weight is 268 g/mol. The third-order valence-electron chi connectivity index (χ3n) is 3.50. The Balaban J connectivity index is 1.86. The Morgan fingerprint density at radius 3 is 2.83 bits per heavy atom. The predicted molar refractivity (Wildman–Crippen MR) is 76.7 cm³/mol. The minimum atomic E-state index is 0.614. The fraction of sp³-hybridized carbons (Fsp3) is 0.600. The van der Waals surface area contributed by atoms with E-state index in [1.165, 1.54) is 24.8 Å². The van der Waals surface area contributed by atoms with Crippen molar-refractivity contribution < 1.29 is 4.74 Å². The highest BCUT2D eigenvalue weighted by Crippen LogP contribution is 2.30. The molecule has 1 aromatic carbocycles. The van der Waals surface area contributed by atoms with Gasteiger partial charge < -0.3 is 10.1 Å². The number of nitrogens with one attached hydrogen (secondary N) is 1. The summed E-state index contributed by atoms with van der Waals surface area (Å²) >= 11 is 6.22. The van der Waals surface area contributed by atoms with Crippen molar-refractivity contribution in [3.05, 3.63) is 28.3 Å². The summed E-state index contributed by atoms with van der Waals surface area (Å²) in [6.45, 7) is 5.98. The molecule has 1 fully saturated rings. The SMILES string of the molecule is Cc1cc(C)c(OCC[C@H]2CCCCN2)c(Cl)c1. The maximum atomic E-state index is 6.22. The van der Waals surface area contributed by atoms with Crippen LogP contribution in [0.1, 0.15) is 36.8 Å². The Morgan fingerprint density at radius 1 is 1.33 bits per heavy atom. The molecule has 3 heteroatoms. The van der Waals surface area contributed by atoms with Crippen LogP contribution in [0.25, 0.3) is 0 Å². The number of halogens is 1. The van der Waals surface area contributed by atoms with Gasteiger partial charge in [-0.05, 0) is 56.8 Å². The second kappa shape index (κ2) is 6.44. The molecule has 18 heavy (non-hydrogen) atoms. The molecule has 2 nitrogen and oxygen atoms in total. The molecule has 0 bridgehead atoms. The van der Waals surface area contributed by atoms with Crippen molar-refractivity contribution in [1.29, 1.82) is 0 Å². The van der Waals surface area contributed by atoms with Crippen LogP contribution in [0.4, 0.5) is 0 Å². The summed E-state index contributed by atoms with van der Waals surface area (Å²) in [5.41, 5.74) is 2.30. The first kappa shape index (κ1) is 13.7. The first-order chi connectivity index (χ1) is 8.66. The number of rotatable bonds is 4. The minimum Gasteiger partial charge on any atom is -0.492 e. The van der Waals surface area contributed by atoms with Crippen LogP contribution in [0.5, 0.6) is 5.75 Å². The van der Waals surface area contributed by atoms with E-state index in [9.17, 15) is 0 Å². The first-order valence-corrected chi connectivity index (χ1v) is 7.17. The zero-order valence-electron chi connectivity index (χ0n) is 11.3. The summed E-state index contributed by atoms with van der Waals surface area (Å²) in [6.07, 6.45) is 4.97. The maximum absolute atomic E-state index is 6.22. The molecule has 2 rings (SSSR count). The van der Waals surface area contributed by atoms with E-state index in [1.807, 2.05) is 13.0 Å².